The Morgan fingerprint density at radius 3 is 2.81 bits per heavy atom. The van der Waals surface area contributed by atoms with Crippen LogP contribution in [0.5, 0.6) is 0 Å². The highest BCUT2D eigenvalue weighted by molar-refractivity contribution is 7.09. The van der Waals surface area contributed by atoms with E-state index in [0.29, 0.717) is 6.54 Å². The smallest absolute Gasteiger partial charge is 0.293 e. The predicted octanol–water partition coefficient (Wildman–Crippen LogP) is 2.33. The van der Waals surface area contributed by atoms with Crippen LogP contribution >= 0.6 is 11.3 Å². The number of para-hydroxylation sites is 1. The fourth-order valence-electron chi connectivity index (χ4n) is 1.88. The average molecular weight is 306 g/mol. The number of thiazole rings is 1. The second kappa shape index (κ2) is 6.31. The van der Waals surface area contributed by atoms with Gasteiger partial charge >= 0.3 is 0 Å². The molecule has 2 N–H and O–H groups in total. The van der Waals surface area contributed by atoms with E-state index in [9.17, 15) is 14.9 Å². The summed E-state index contributed by atoms with van der Waals surface area (Å²) in [6.45, 7) is 2.17. The molecule has 110 valence electrons. The first-order valence-corrected chi connectivity index (χ1v) is 7.05. The molecule has 1 aromatic heterocycles. The Hall–Kier alpha value is -2.48. The van der Waals surface area contributed by atoms with Gasteiger partial charge < -0.3 is 10.6 Å². The quantitative estimate of drug-likeness (QED) is 0.652. The maximum atomic E-state index is 12.2. The van der Waals surface area contributed by atoms with Crippen molar-refractivity contribution in [2.24, 2.45) is 0 Å². The minimum Gasteiger partial charge on any atom is -0.382 e. The maximum absolute atomic E-state index is 12.2. The second-order valence-electron chi connectivity index (χ2n) is 4.27. The number of aromatic nitrogens is 1. The molecule has 0 aliphatic rings. The van der Waals surface area contributed by atoms with Crippen molar-refractivity contribution < 1.29 is 9.72 Å². The molecule has 0 aliphatic carbocycles. The Kier molecular flexibility index (Phi) is 4.49. The number of nitrogens with one attached hydrogen (secondary N) is 2. The Morgan fingerprint density at radius 1 is 1.48 bits per heavy atom. The van der Waals surface area contributed by atoms with Crippen LogP contribution in [0.3, 0.4) is 0 Å². The van der Waals surface area contributed by atoms with E-state index in [1.807, 2.05) is 12.3 Å². The topological polar surface area (TPSA) is 97.2 Å². The van der Waals surface area contributed by atoms with Crippen molar-refractivity contribution in [2.75, 3.05) is 12.4 Å². The number of rotatable bonds is 5. The van der Waals surface area contributed by atoms with E-state index in [-0.39, 0.29) is 22.8 Å². The molecule has 0 saturated carbocycles. The molecule has 1 amide bonds. The van der Waals surface area contributed by atoms with Crippen molar-refractivity contribution in [2.45, 2.75) is 13.5 Å². The zero-order valence-electron chi connectivity index (χ0n) is 11.5. The van der Waals surface area contributed by atoms with Gasteiger partial charge in [-0.3, -0.25) is 14.9 Å². The highest BCUT2D eigenvalue weighted by Gasteiger charge is 2.20. The molecular weight excluding hydrogens is 292 g/mol. The molecule has 2 aromatic rings. The first-order valence-electron chi connectivity index (χ1n) is 6.17. The zero-order valence-corrected chi connectivity index (χ0v) is 12.4. The van der Waals surface area contributed by atoms with Gasteiger partial charge in [-0.05, 0) is 13.0 Å². The molecule has 2 rings (SSSR count). The second-order valence-corrected chi connectivity index (χ2v) is 5.21. The number of carbonyl (C=O) groups is 1. The summed E-state index contributed by atoms with van der Waals surface area (Å²) in [5.74, 6) is -0.379. The Labute approximate surface area is 125 Å². The summed E-state index contributed by atoms with van der Waals surface area (Å²) in [6, 6.07) is 4.38. The van der Waals surface area contributed by atoms with E-state index < -0.39 is 4.92 Å². The Balaban J connectivity index is 2.19. The van der Waals surface area contributed by atoms with Gasteiger partial charge in [-0.15, -0.1) is 11.3 Å². The lowest BCUT2D eigenvalue weighted by molar-refractivity contribution is -0.384. The molecule has 0 fully saturated rings. The molecule has 0 radical (unpaired) electrons. The van der Waals surface area contributed by atoms with Crippen molar-refractivity contribution in [3.63, 3.8) is 0 Å². The van der Waals surface area contributed by atoms with Gasteiger partial charge in [0.15, 0.2) is 0 Å². The van der Waals surface area contributed by atoms with Crippen LogP contribution in [-0.4, -0.2) is 22.9 Å². The summed E-state index contributed by atoms with van der Waals surface area (Å²) in [6.07, 6.45) is 0. The van der Waals surface area contributed by atoms with Crippen LogP contribution in [0.2, 0.25) is 0 Å². The highest BCUT2D eigenvalue weighted by Crippen LogP contribution is 2.27. The number of hydrogen-bond acceptors (Lipinski definition) is 6. The summed E-state index contributed by atoms with van der Waals surface area (Å²) < 4.78 is 0. The first kappa shape index (κ1) is 14.9. The number of amides is 1. The minimum absolute atomic E-state index is 0.129. The molecule has 0 aliphatic heterocycles. The van der Waals surface area contributed by atoms with Crippen molar-refractivity contribution in [1.29, 1.82) is 0 Å². The van der Waals surface area contributed by atoms with Gasteiger partial charge in [0.2, 0.25) is 0 Å². The minimum atomic E-state index is -0.521. The third-order valence-electron chi connectivity index (χ3n) is 2.80. The number of carbonyl (C=O) groups excluding carboxylic acids is 1. The largest absolute Gasteiger partial charge is 0.382 e. The van der Waals surface area contributed by atoms with Crippen LogP contribution in [0.4, 0.5) is 11.4 Å². The van der Waals surface area contributed by atoms with Gasteiger partial charge in [-0.1, -0.05) is 6.07 Å². The maximum Gasteiger partial charge on any atom is 0.293 e. The third kappa shape index (κ3) is 3.34. The molecule has 0 spiro atoms. The fraction of sp³-hybridized carbons (Fsp3) is 0.231. The number of hydrogen-bond donors (Lipinski definition) is 2. The monoisotopic (exact) mass is 306 g/mol. The molecule has 0 bridgehead atoms. The van der Waals surface area contributed by atoms with Crippen LogP contribution in [0.15, 0.2) is 23.6 Å². The van der Waals surface area contributed by atoms with E-state index in [0.717, 1.165) is 10.7 Å². The van der Waals surface area contributed by atoms with Crippen LogP contribution < -0.4 is 10.6 Å². The highest BCUT2D eigenvalue weighted by atomic mass is 32.1. The average Bonchev–Trinajstić information content (AvgIpc) is 2.89. The molecule has 1 aromatic carbocycles. The summed E-state index contributed by atoms with van der Waals surface area (Å²) in [7, 11) is 1.54. The lowest BCUT2D eigenvalue weighted by atomic mass is 10.1. The van der Waals surface area contributed by atoms with Crippen molar-refractivity contribution >= 4 is 28.6 Å². The number of nitro groups is 1. The van der Waals surface area contributed by atoms with Crippen LogP contribution in [0, 0.1) is 17.0 Å². The van der Waals surface area contributed by atoms with E-state index in [1.54, 1.807) is 13.1 Å². The molecule has 1 heterocycles. The number of benzene rings is 1. The van der Waals surface area contributed by atoms with Crippen molar-refractivity contribution in [3.8, 4) is 0 Å². The number of nitrogens with zero attached hydrogens (tertiary/aromatic N) is 2. The number of aryl methyl sites for hydroxylation is 1. The van der Waals surface area contributed by atoms with Gasteiger partial charge in [-0.25, -0.2) is 4.98 Å². The molecule has 0 unspecified atom stereocenters. The molecule has 21 heavy (non-hydrogen) atoms. The van der Waals surface area contributed by atoms with E-state index >= 15 is 0 Å². The predicted molar refractivity (Wildman–Crippen MR) is 80.7 cm³/mol. The lowest BCUT2D eigenvalue weighted by Crippen LogP contribution is -2.24. The lowest BCUT2D eigenvalue weighted by Gasteiger charge is -2.09. The zero-order chi connectivity index (χ0) is 15.4. The molecule has 0 atom stereocenters. The van der Waals surface area contributed by atoms with Gasteiger partial charge in [0.05, 0.1) is 17.0 Å². The molecule has 0 saturated heterocycles. The summed E-state index contributed by atoms with van der Waals surface area (Å²) in [5, 5.41) is 19.1. The van der Waals surface area contributed by atoms with Gasteiger partial charge in [0.1, 0.15) is 10.7 Å². The molecular formula is C13H14N4O3S. The summed E-state index contributed by atoms with van der Waals surface area (Å²) in [5.41, 5.74) is 1.21. The van der Waals surface area contributed by atoms with E-state index in [4.69, 9.17) is 0 Å². The van der Waals surface area contributed by atoms with Gasteiger partial charge in [0, 0.05) is 24.2 Å². The molecule has 7 nitrogen and oxygen atoms in total. The SMILES string of the molecule is CNc1c(C(=O)NCc2nc(C)cs2)cccc1[N+](=O)[O-]. The van der Waals surface area contributed by atoms with E-state index in [1.165, 1.54) is 23.5 Å². The van der Waals surface area contributed by atoms with E-state index in [2.05, 4.69) is 15.6 Å². The standard InChI is InChI=1S/C13H14N4O3S/c1-8-7-21-11(16-8)6-15-13(18)9-4-3-5-10(17(19)20)12(9)14-2/h3-5,7,14H,6H2,1-2H3,(H,15,18). The van der Waals surface area contributed by atoms with Crippen LogP contribution in [0.1, 0.15) is 21.1 Å². The summed E-state index contributed by atoms with van der Waals surface area (Å²) in [4.78, 5) is 26.9. The molecule has 8 heteroatoms. The van der Waals surface area contributed by atoms with Crippen molar-refractivity contribution in [3.05, 3.63) is 50.0 Å². The van der Waals surface area contributed by atoms with Gasteiger partial charge in [-0.2, -0.15) is 0 Å². The van der Waals surface area contributed by atoms with Crippen LogP contribution in [-0.2, 0) is 6.54 Å². The number of anilines is 1. The fourth-order valence-corrected chi connectivity index (χ4v) is 2.59. The third-order valence-corrected chi connectivity index (χ3v) is 3.77. The van der Waals surface area contributed by atoms with Crippen molar-refractivity contribution in [1.82, 2.24) is 10.3 Å². The first-order chi connectivity index (χ1) is 10.0. The number of nitro benzene ring substituents is 1. The Bertz CT molecular complexity index is 684. The van der Waals surface area contributed by atoms with Crippen LogP contribution in [0.25, 0.3) is 0 Å². The normalized spacial score (nSPS) is 10.2. The van der Waals surface area contributed by atoms with Gasteiger partial charge in [0.25, 0.3) is 11.6 Å². The summed E-state index contributed by atoms with van der Waals surface area (Å²) >= 11 is 1.46. The Morgan fingerprint density at radius 2 is 2.24 bits per heavy atom.